The fraction of sp³-hybridized carbons (Fsp3) is 1.00. The molecule has 0 spiro atoms. The molecule has 3 heteroatoms. The predicted octanol–water partition coefficient (Wildman–Crippen LogP) is 0.375. The molecule has 3 nitrogen and oxygen atoms in total. The van der Waals surface area contributed by atoms with Crippen molar-refractivity contribution in [3.8, 4) is 0 Å². The maximum atomic E-state index is 9.41. The lowest BCUT2D eigenvalue weighted by atomic mass is 10.2. The molecule has 0 aromatic heterocycles. The molecule has 0 radical (unpaired) electrons. The minimum atomic E-state index is -0.928. The molecular weight excluding hydrogens is 130 g/mol. The SMILES string of the molecule is CCN(C(C)O)C(C)(C)O. The van der Waals surface area contributed by atoms with Crippen LogP contribution in [0.2, 0.25) is 0 Å². The van der Waals surface area contributed by atoms with Gasteiger partial charge in [-0.1, -0.05) is 6.92 Å². The summed E-state index contributed by atoms with van der Waals surface area (Å²) >= 11 is 0. The van der Waals surface area contributed by atoms with Crippen molar-refractivity contribution in [2.24, 2.45) is 0 Å². The van der Waals surface area contributed by atoms with E-state index >= 15 is 0 Å². The van der Waals surface area contributed by atoms with E-state index in [0.717, 1.165) is 0 Å². The molecule has 0 rings (SSSR count). The van der Waals surface area contributed by atoms with Crippen LogP contribution in [0.5, 0.6) is 0 Å². The summed E-state index contributed by atoms with van der Waals surface area (Å²) in [5.74, 6) is 0. The first kappa shape index (κ1) is 9.88. The van der Waals surface area contributed by atoms with Crippen LogP contribution in [0, 0.1) is 0 Å². The lowest BCUT2D eigenvalue weighted by molar-refractivity contribution is -0.146. The van der Waals surface area contributed by atoms with Crippen LogP contribution in [0.4, 0.5) is 0 Å². The summed E-state index contributed by atoms with van der Waals surface area (Å²) in [6.45, 7) is 7.49. The van der Waals surface area contributed by atoms with Gasteiger partial charge in [-0.05, 0) is 20.8 Å². The molecule has 0 saturated heterocycles. The Morgan fingerprint density at radius 3 is 1.90 bits per heavy atom. The molecule has 10 heavy (non-hydrogen) atoms. The van der Waals surface area contributed by atoms with E-state index < -0.39 is 12.0 Å². The molecule has 0 heterocycles. The highest BCUT2D eigenvalue weighted by molar-refractivity contribution is 4.67. The van der Waals surface area contributed by atoms with E-state index in [2.05, 4.69) is 0 Å². The molecule has 0 aliphatic heterocycles. The van der Waals surface area contributed by atoms with Gasteiger partial charge in [0.05, 0.1) is 0 Å². The number of nitrogens with zero attached hydrogens (tertiary/aromatic N) is 1. The van der Waals surface area contributed by atoms with Crippen LogP contribution in [-0.2, 0) is 0 Å². The van der Waals surface area contributed by atoms with Crippen molar-refractivity contribution in [2.75, 3.05) is 6.54 Å². The lowest BCUT2D eigenvalue weighted by Crippen LogP contribution is -2.48. The van der Waals surface area contributed by atoms with E-state index in [4.69, 9.17) is 5.11 Å². The number of hydrogen-bond donors (Lipinski definition) is 2. The fourth-order valence-electron chi connectivity index (χ4n) is 1.11. The Bertz CT molecular complexity index is 96.3. The Balaban J connectivity index is 4.07. The van der Waals surface area contributed by atoms with Crippen LogP contribution in [0.25, 0.3) is 0 Å². The molecule has 0 aliphatic carbocycles. The summed E-state index contributed by atoms with van der Waals surface area (Å²) in [6, 6.07) is 0. The zero-order valence-corrected chi connectivity index (χ0v) is 7.13. The van der Waals surface area contributed by atoms with Crippen LogP contribution in [0.1, 0.15) is 27.7 Å². The first-order valence-corrected chi connectivity index (χ1v) is 3.56. The van der Waals surface area contributed by atoms with Gasteiger partial charge >= 0.3 is 0 Å². The number of rotatable bonds is 3. The van der Waals surface area contributed by atoms with Gasteiger partial charge in [0.1, 0.15) is 12.0 Å². The highest BCUT2D eigenvalue weighted by Gasteiger charge is 2.24. The van der Waals surface area contributed by atoms with Crippen LogP contribution >= 0.6 is 0 Å². The third kappa shape index (κ3) is 2.64. The Morgan fingerprint density at radius 1 is 1.50 bits per heavy atom. The summed E-state index contributed by atoms with van der Waals surface area (Å²) in [4.78, 5) is 1.59. The predicted molar refractivity (Wildman–Crippen MR) is 40.4 cm³/mol. The number of aliphatic hydroxyl groups excluding tert-OH is 1. The summed E-state index contributed by atoms with van der Waals surface area (Å²) in [7, 11) is 0. The summed E-state index contributed by atoms with van der Waals surface area (Å²) in [5, 5.41) is 18.5. The van der Waals surface area contributed by atoms with E-state index in [1.165, 1.54) is 0 Å². The van der Waals surface area contributed by atoms with Gasteiger partial charge in [0, 0.05) is 6.54 Å². The quantitative estimate of drug-likeness (QED) is 0.567. The molecule has 62 valence electrons. The van der Waals surface area contributed by atoms with Gasteiger partial charge in [-0.2, -0.15) is 0 Å². The summed E-state index contributed by atoms with van der Waals surface area (Å²) in [6.07, 6.45) is -0.593. The summed E-state index contributed by atoms with van der Waals surface area (Å²) < 4.78 is 0. The highest BCUT2D eigenvalue weighted by Crippen LogP contribution is 2.11. The smallest absolute Gasteiger partial charge is 0.114 e. The Morgan fingerprint density at radius 2 is 1.90 bits per heavy atom. The summed E-state index contributed by atoms with van der Waals surface area (Å²) in [5.41, 5.74) is -0.928. The van der Waals surface area contributed by atoms with Gasteiger partial charge in [0.15, 0.2) is 0 Å². The molecule has 0 saturated carbocycles. The van der Waals surface area contributed by atoms with E-state index in [0.29, 0.717) is 6.54 Å². The first-order valence-electron chi connectivity index (χ1n) is 3.56. The third-order valence-corrected chi connectivity index (χ3v) is 1.49. The maximum Gasteiger partial charge on any atom is 0.114 e. The maximum absolute atomic E-state index is 9.41. The van der Waals surface area contributed by atoms with Gasteiger partial charge in [-0.25, -0.2) is 0 Å². The van der Waals surface area contributed by atoms with E-state index in [-0.39, 0.29) is 0 Å². The molecule has 0 aromatic carbocycles. The van der Waals surface area contributed by atoms with Gasteiger partial charge < -0.3 is 10.2 Å². The second-order valence-corrected chi connectivity index (χ2v) is 2.91. The zero-order chi connectivity index (χ0) is 8.36. The van der Waals surface area contributed by atoms with Gasteiger partial charge in [0.2, 0.25) is 0 Å². The van der Waals surface area contributed by atoms with Gasteiger partial charge in [0.25, 0.3) is 0 Å². The van der Waals surface area contributed by atoms with Crippen molar-refractivity contribution in [3.63, 3.8) is 0 Å². The Hall–Kier alpha value is -0.120. The van der Waals surface area contributed by atoms with Gasteiger partial charge in [-0.3, -0.25) is 4.90 Å². The average molecular weight is 147 g/mol. The molecule has 1 unspecified atom stereocenters. The molecule has 0 fully saturated rings. The van der Waals surface area contributed by atoms with Crippen molar-refractivity contribution >= 4 is 0 Å². The fourth-order valence-corrected chi connectivity index (χ4v) is 1.11. The van der Waals surface area contributed by atoms with Crippen LogP contribution < -0.4 is 0 Å². The first-order chi connectivity index (χ1) is 4.39. The minimum Gasteiger partial charge on any atom is -0.379 e. The largest absolute Gasteiger partial charge is 0.379 e. The standard InChI is InChI=1S/C7H17NO2/c1-5-8(6(2)9)7(3,4)10/h6,9-10H,5H2,1-4H3. The molecule has 0 aromatic rings. The average Bonchev–Trinajstić information content (AvgIpc) is 1.60. The lowest BCUT2D eigenvalue weighted by Gasteiger charge is -2.35. The van der Waals surface area contributed by atoms with E-state index in [9.17, 15) is 5.11 Å². The highest BCUT2D eigenvalue weighted by atomic mass is 16.3. The van der Waals surface area contributed by atoms with Crippen molar-refractivity contribution in [1.82, 2.24) is 4.90 Å². The van der Waals surface area contributed by atoms with Crippen molar-refractivity contribution in [2.45, 2.75) is 39.6 Å². The van der Waals surface area contributed by atoms with E-state index in [1.54, 1.807) is 25.7 Å². The second-order valence-electron chi connectivity index (χ2n) is 2.91. The normalized spacial score (nSPS) is 15.9. The van der Waals surface area contributed by atoms with Crippen LogP contribution in [0.15, 0.2) is 0 Å². The number of aliphatic hydroxyl groups is 2. The number of hydrogen-bond acceptors (Lipinski definition) is 3. The molecule has 0 bridgehead atoms. The monoisotopic (exact) mass is 147 g/mol. The third-order valence-electron chi connectivity index (χ3n) is 1.49. The van der Waals surface area contributed by atoms with E-state index in [1.807, 2.05) is 6.92 Å². The van der Waals surface area contributed by atoms with Crippen molar-refractivity contribution < 1.29 is 10.2 Å². The second kappa shape index (κ2) is 3.32. The van der Waals surface area contributed by atoms with Crippen LogP contribution in [-0.4, -0.2) is 33.6 Å². The Labute approximate surface area is 62.3 Å². The van der Waals surface area contributed by atoms with Gasteiger partial charge in [-0.15, -0.1) is 0 Å². The minimum absolute atomic E-state index is 0.593. The molecule has 1 atom stereocenters. The van der Waals surface area contributed by atoms with Crippen molar-refractivity contribution in [3.05, 3.63) is 0 Å². The topological polar surface area (TPSA) is 43.7 Å². The molecule has 2 N–H and O–H groups in total. The Kier molecular flexibility index (Phi) is 3.28. The zero-order valence-electron chi connectivity index (χ0n) is 7.13. The molecule has 0 amide bonds. The van der Waals surface area contributed by atoms with Crippen LogP contribution in [0.3, 0.4) is 0 Å². The molecule has 0 aliphatic rings. The van der Waals surface area contributed by atoms with Crippen molar-refractivity contribution in [1.29, 1.82) is 0 Å². The molecular formula is C7H17NO2.